The summed E-state index contributed by atoms with van der Waals surface area (Å²) in [5, 5.41) is 4.47. The van der Waals surface area contributed by atoms with Gasteiger partial charge in [-0.25, -0.2) is 0 Å². The first-order valence-electron chi connectivity index (χ1n) is 8.18. The van der Waals surface area contributed by atoms with E-state index in [0.29, 0.717) is 6.04 Å². The monoisotopic (exact) mass is 291 g/mol. The molecule has 1 nitrogen and oxygen atoms in total. The van der Waals surface area contributed by atoms with Crippen LogP contribution >= 0.6 is 11.8 Å². The molecule has 1 aliphatic carbocycles. The quantitative estimate of drug-likeness (QED) is 0.828. The largest absolute Gasteiger partial charge is 0.313 e. The summed E-state index contributed by atoms with van der Waals surface area (Å²) >= 11 is 2.11. The lowest BCUT2D eigenvalue weighted by Crippen LogP contribution is -2.38. The van der Waals surface area contributed by atoms with Gasteiger partial charge < -0.3 is 5.32 Å². The Balaban J connectivity index is 2.09. The summed E-state index contributed by atoms with van der Waals surface area (Å²) < 4.78 is 0. The van der Waals surface area contributed by atoms with Gasteiger partial charge in [0, 0.05) is 16.2 Å². The van der Waals surface area contributed by atoms with Crippen LogP contribution < -0.4 is 5.32 Å². The van der Waals surface area contributed by atoms with Crippen molar-refractivity contribution >= 4 is 11.8 Å². The van der Waals surface area contributed by atoms with E-state index in [4.69, 9.17) is 0 Å². The number of nitrogens with one attached hydrogen (secondary N) is 1. The molecular formula is C18H29NS. The van der Waals surface area contributed by atoms with Crippen LogP contribution in [-0.2, 0) is 0 Å². The molecule has 1 aromatic carbocycles. The molecule has 0 spiro atoms. The van der Waals surface area contributed by atoms with Crippen LogP contribution in [0.3, 0.4) is 0 Å². The van der Waals surface area contributed by atoms with Crippen LogP contribution in [0, 0.1) is 13.8 Å². The summed E-state index contributed by atoms with van der Waals surface area (Å²) in [6.07, 6.45) is 8.32. The van der Waals surface area contributed by atoms with Crippen LogP contribution in [0.15, 0.2) is 23.1 Å². The zero-order chi connectivity index (χ0) is 14.4. The van der Waals surface area contributed by atoms with Gasteiger partial charge in [-0.3, -0.25) is 0 Å². The van der Waals surface area contributed by atoms with Crippen LogP contribution in [0.4, 0.5) is 0 Å². The number of thioether (sulfide) groups is 1. The minimum Gasteiger partial charge on any atom is -0.313 e. The Labute approximate surface area is 128 Å². The van der Waals surface area contributed by atoms with Gasteiger partial charge in [-0.05, 0) is 44.9 Å². The summed E-state index contributed by atoms with van der Waals surface area (Å²) in [7, 11) is 0. The molecule has 2 unspecified atom stereocenters. The standard InChI is InChI=1S/C18H29NS/c1-4-19-16-9-7-5-6-8-10-18(16)20-17-12-11-14(2)13-15(17)3/h11-13,16,18-19H,4-10H2,1-3H3. The van der Waals surface area contributed by atoms with E-state index in [1.807, 2.05) is 0 Å². The van der Waals surface area contributed by atoms with Crippen LogP contribution in [-0.4, -0.2) is 17.8 Å². The predicted octanol–water partition coefficient (Wildman–Crippen LogP) is 5.10. The third-order valence-electron chi connectivity index (χ3n) is 4.28. The lowest BCUT2D eigenvalue weighted by Gasteiger charge is -2.30. The first-order valence-corrected chi connectivity index (χ1v) is 9.06. The molecule has 2 atom stereocenters. The van der Waals surface area contributed by atoms with E-state index < -0.39 is 0 Å². The summed E-state index contributed by atoms with van der Waals surface area (Å²) in [4.78, 5) is 1.48. The highest BCUT2D eigenvalue weighted by atomic mass is 32.2. The second-order valence-electron chi connectivity index (χ2n) is 6.08. The minimum atomic E-state index is 0.686. The molecule has 1 fully saturated rings. The van der Waals surface area contributed by atoms with Crippen molar-refractivity contribution in [1.29, 1.82) is 0 Å². The van der Waals surface area contributed by atoms with Crippen LogP contribution in [0.5, 0.6) is 0 Å². The highest BCUT2D eigenvalue weighted by Gasteiger charge is 2.23. The van der Waals surface area contributed by atoms with Gasteiger partial charge in [0.15, 0.2) is 0 Å². The van der Waals surface area contributed by atoms with Gasteiger partial charge in [0.05, 0.1) is 0 Å². The molecule has 1 saturated carbocycles. The molecule has 0 radical (unpaired) electrons. The van der Waals surface area contributed by atoms with Gasteiger partial charge in [-0.2, -0.15) is 0 Å². The average Bonchev–Trinajstić information content (AvgIpc) is 2.39. The highest BCUT2D eigenvalue weighted by molar-refractivity contribution is 8.00. The zero-order valence-corrected chi connectivity index (χ0v) is 14.1. The van der Waals surface area contributed by atoms with Gasteiger partial charge in [0.1, 0.15) is 0 Å². The van der Waals surface area contributed by atoms with Crippen molar-refractivity contribution in [2.24, 2.45) is 0 Å². The normalized spacial score (nSPS) is 24.1. The smallest absolute Gasteiger partial charge is 0.0248 e. The second kappa shape index (κ2) is 8.09. The maximum atomic E-state index is 3.73. The van der Waals surface area contributed by atoms with Crippen molar-refractivity contribution in [3.05, 3.63) is 29.3 Å². The molecule has 1 aromatic rings. The maximum absolute atomic E-state index is 3.73. The summed E-state index contributed by atoms with van der Waals surface area (Å²) in [5.74, 6) is 0. The van der Waals surface area contributed by atoms with Crippen LogP contribution in [0.25, 0.3) is 0 Å². The first-order chi connectivity index (χ1) is 9.70. The fourth-order valence-electron chi connectivity index (χ4n) is 3.18. The van der Waals surface area contributed by atoms with Gasteiger partial charge in [-0.15, -0.1) is 11.8 Å². The maximum Gasteiger partial charge on any atom is 0.0248 e. The summed E-state index contributed by atoms with van der Waals surface area (Å²) in [6.45, 7) is 7.76. The Morgan fingerprint density at radius 2 is 1.85 bits per heavy atom. The third-order valence-corrected chi connectivity index (χ3v) is 5.86. The van der Waals surface area contributed by atoms with E-state index in [2.05, 4.69) is 56.0 Å². The fourth-order valence-corrected chi connectivity index (χ4v) is 4.58. The molecule has 0 heterocycles. The van der Waals surface area contributed by atoms with Crippen molar-refractivity contribution in [3.8, 4) is 0 Å². The van der Waals surface area contributed by atoms with Gasteiger partial charge >= 0.3 is 0 Å². The Bertz CT molecular complexity index is 416. The van der Waals surface area contributed by atoms with Gasteiger partial charge in [0.25, 0.3) is 0 Å². The van der Waals surface area contributed by atoms with Crippen molar-refractivity contribution in [3.63, 3.8) is 0 Å². The summed E-state index contributed by atoms with van der Waals surface area (Å²) in [6, 6.07) is 7.57. The van der Waals surface area contributed by atoms with E-state index in [-0.39, 0.29) is 0 Å². The number of hydrogen-bond acceptors (Lipinski definition) is 2. The minimum absolute atomic E-state index is 0.686. The molecule has 0 bridgehead atoms. The van der Waals surface area contributed by atoms with Crippen molar-refractivity contribution in [2.75, 3.05) is 6.54 Å². The van der Waals surface area contributed by atoms with E-state index in [1.165, 1.54) is 54.5 Å². The van der Waals surface area contributed by atoms with Gasteiger partial charge in [0.2, 0.25) is 0 Å². The van der Waals surface area contributed by atoms with Crippen LogP contribution in [0.2, 0.25) is 0 Å². The van der Waals surface area contributed by atoms with Crippen molar-refractivity contribution in [1.82, 2.24) is 5.32 Å². The second-order valence-corrected chi connectivity index (χ2v) is 7.36. The molecule has 2 rings (SSSR count). The molecule has 112 valence electrons. The Morgan fingerprint density at radius 1 is 1.10 bits per heavy atom. The number of benzene rings is 1. The molecular weight excluding hydrogens is 262 g/mol. The zero-order valence-electron chi connectivity index (χ0n) is 13.2. The summed E-state index contributed by atoms with van der Waals surface area (Å²) in [5.41, 5.74) is 2.81. The number of hydrogen-bond donors (Lipinski definition) is 1. The highest BCUT2D eigenvalue weighted by Crippen LogP contribution is 2.34. The molecule has 0 aliphatic heterocycles. The number of aryl methyl sites for hydroxylation is 2. The van der Waals surface area contributed by atoms with E-state index in [9.17, 15) is 0 Å². The van der Waals surface area contributed by atoms with Crippen molar-refractivity contribution < 1.29 is 0 Å². The first kappa shape index (κ1) is 15.9. The molecule has 20 heavy (non-hydrogen) atoms. The molecule has 0 saturated heterocycles. The van der Waals surface area contributed by atoms with E-state index in [0.717, 1.165) is 11.8 Å². The molecule has 2 heteroatoms. The van der Waals surface area contributed by atoms with E-state index in [1.54, 1.807) is 0 Å². The van der Waals surface area contributed by atoms with Crippen LogP contribution in [0.1, 0.15) is 56.6 Å². The Kier molecular flexibility index (Phi) is 6.44. The lowest BCUT2D eigenvalue weighted by molar-refractivity contribution is 0.406. The van der Waals surface area contributed by atoms with Gasteiger partial charge in [-0.1, -0.05) is 50.3 Å². The third kappa shape index (κ3) is 4.53. The molecule has 1 N–H and O–H groups in total. The topological polar surface area (TPSA) is 12.0 Å². The fraction of sp³-hybridized carbons (Fsp3) is 0.667. The Hall–Kier alpha value is -0.470. The SMILES string of the molecule is CCNC1CCCCCCC1Sc1ccc(C)cc1C. The molecule has 0 amide bonds. The molecule has 1 aliphatic rings. The average molecular weight is 292 g/mol. The number of rotatable bonds is 4. The lowest BCUT2D eigenvalue weighted by atomic mass is 9.96. The Morgan fingerprint density at radius 3 is 2.55 bits per heavy atom. The van der Waals surface area contributed by atoms with E-state index >= 15 is 0 Å². The predicted molar refractivity (Wildman–Crippen MR) is 90.7 cm³/mol. The molecule has 0 aromatic heterocycles. The van der Waals surface area contributed by atoms with Crippen molar-refractivity contribution in [2.45, 2.75) is 75.5 Å².